The normalized spacial score (nSPS) is 11.5. The maximum atomic E-state index is 13.7. The Bertz CT molecular complexity index is 1420. The molecule has 7 N–H and O–H groups in total. The summed E-state index contributed by atoms with van der Waals surface area (Å²) in [4.78, 5) is 88.5. The zero-order valence-corrected chi connectivity index (χ0v) is 48.5. The Morgan fingerprint density at radius 2 is 0.560 bits per heavy atom. The first-order valence-electron chi connectivity index (χ1n) is 29.8. The van der Waals surface area contributed by atoms with Crippen molar-refractivity contribution in [2.24, 2.45) is 5.41 Å². The number of nitrogens with one attached hydrogen (secondary N) is 7. The van der Waals surface area contributed by atoms with Gasteiger partial charge in [-0.3, -0.25) is 33.6 Å². The van der Waals surface area contributed by atoms with E-state index >= 15 is 0 Å². The molecule has 17 heteroatoms. The van der Waals surface area contributed by atoms with Gasteiger partial charge in [-0.2, -0.15) is 0 Å². The molecule has 0 aliphatic heterocycles. The van der Waals surface area contributed by atoms with E-state index in [1.807, 2.05) is 0 Å². The van der Waals surface area contributed by atoms with Gasteiger partial charge in [-0.1, -0.05) is 144 Å². The quantitative estimate of drug-likeness (QED) is 0.0286. The number of ether oxygens (including phenoxy) is 3. The smallest absolute Gasteiger partial charge is 0.222 e. The van der Waals surface area contributed by atoms with Crippen molar-refractivity contribution in [1.29, 1.82) is 0 Å². The molecule has 7 amide bonds. The van der Waals surface area contributed by atoms with Crippen LogP contribution in [0.4, 0.5) is 0 Å². The summed E-state index contributed by atoms with van der Waals surface area (Å²) in [7, 11) is 0. The molecule has 0 aliphatic carbocycles. The molecule has 438 valence electrons. The first-order chi connectivity index (χ1) is 36.1. The Hall–Kier alpha value is -3.83. The molecule has 0 aromatic carbocycles. The van der Waals surface area contributed by atoms with Gasteiger partial charge in [0.05, 0.1) is 39.6 Å². The summed E-state index contributed by atoms with van der Waals surface area (Å²) in [6.07, 6.45) is 26.4. The summed E-state index contributed by atoms with van der Waals surface area (Å²) in [5.74, 6) is -0.755. The minimum Gasteiger partial charge on any atom is -0.378 e. The van der Waals surface area contributed by atoms with Crippen molar-refractivity contribution in [3.8, 4) is 0 Å². The van der Waals surface area contributed by atoms with E-state index in [0.717, 1.165) is 89.9 Å². The molecule has 0 saturated heterocycles. The summed E-state index contributed by atoms with van der Waals surface area (Å²) >= 11 is 0. The van der Waals surface area contributed by atoms with Crippen LogP contribution in [0, 0.1) is 5.41 Å². The fraction of sp³-hybridized carbons (Fsp3) is 0.879. The molecule has 0 rings (SSSR count). The molecule has 0 unspecified atom stereocenters. The predicted molar refractivity (Wildman–Crippen MR) is 301 cm³/mol. The minimum atomic E-state index is -1.20. The van der Waals surface area contributed by atoms with Crippen LogP contribution in [0.3, 0.4) is 0 Å². The standard InChI is InChI=1S/C58H111N7O10/c1-7-10-13-16-17-18-19-20-21-24-33-56(72)65-58(47-73-44-34-53(69)62-41-27-38-59-50(66)30-22-14-11-8-2,48-74-45-35-54(70)63-42-28-39-60-51(67)31-23-15-12-9-3)49-75-46-36-55(71)64-43-29-40-61-52(68)32-25-26-37-57(4,5)6/h7-49H2,1-6H3,(H,59,66)(H,60,67)(H,61,68)(H,62,69)(H,63,70)(H,64,71)(H,65,72). The van der Waals surface area contributed by atoms with Gasteiger partial charge in [-0.15, -0.1) is 0 Å². The highest BCUT2D eigenvalue weighted by atomic mass is 16.5. The number of carbonyl (C=O) groups excluding carboxylic acids is 7. The minimum absolute atomic E-state index is 0.0192. The van der Waals surface area contributed by atoms with Crippen LogP contribution in [0.15, 0.2) is 0 Å². The molecule has 0 aromatic rings. The topological polar surface area (TPSA) is 231 Å². The van der Waals surface area contributed by atoms with Crippen LogP contribution in [0.5, 0.6) is 0 Å². The van der Waals surface area contributed by atoms with Gasteiger partial charge in [0, 0.05) is 84.2 Å². The second-order valence-corrected chi connectivity index (χ2v) is 21.7. The lowest BCUT2D eigenvalue weighted by molar-refractivity contribution is -0.130. The van der Waals surface area contributed by atoms with Gasteiger partial charge >= 0.3 is 0 Å². The zero-order valence-electron chi connectivity index (χ0n) is 48.5. The largest absolute Gasteiger partial charge is 0.378 e. The molecule has 0 radical (unpaired) electrons. The highest BCUT2D eigenvalue weighted by Crippen LogP contribution is 2.22. The maximum absolute atomic E-state index is 13.7. The van der Waals surface area contributed by atoms with Crippen LogP contribution in [0.1, 0.15) is 241 Å². The van der Waals surface area contributed by atoms with Crippen LogP contribution >= 0.6 is 0 Å². The Kier molecular flexibility index (Phi) is 47.2. The van der Waals surface area contributed by atoms with Gasteiger partial charge in [0.2, 0.25) is 41.4 Å². The Labute approximate surface area is 455 Å². The first kappa shape index (κ1) is 71.2. The molecular formula is C58H111N7O10. The average molecular weight is 1070 g/mol. The summed E-state index contributed by atoms with van der Waals surface area (Å²) in [6.45, 7) is 15.7. The van der Waals surface area contributed by atoms with Crippen molar-refractivity contribution in [1.82, 2.24) is 37.2 Å². The lowest BCUT2D eigenvalue weighted by Gasteiger charge is -2.34. The van der Waals surface area contributed by atoms with Crippen molar-refractivity contribution in [2.75, 3.05) is 78.9 Å². The molecule has 0 spiro atoms. The van der Waals surface area contributed by atoms with Crippen LogP contribution in [-0.4, -0.2) is 126 Å². The van der Waals surface area contributed by atoms with Crippen molar-refractivity contribution < 1.29 is 47.8 Å². The van der Waals surface area contributed by atoms with Crippen molar-refractivity contribution >= 4 is 41.4 Å². The molecular weight excluding hydrogens is 955 g/mol. The SMILES string of the molecule is CCCCCCCCCCCCC(=O)NC(COCCC(=O)NCCCNC(=O)CCCCCC)(COCCC(=O)NCCCNC(=O)CCCCCC)COCCC(=O)NCCCNC(=O)CCCCC(C)(C)C. The van der Waals surface area contributed by atoms with Gasteiger partial charge in [-0.25, -0.2) is 0 Å². The molecule has 0 fully saturated rings. The summed E-state index contributed by atoms with van der Waals surface area (Å²) in [5.41, 5.74) is -0.948. The fourth-order valence-corrected chi connectivity index (χ4v) is 8.19. The fourth-order valence-electron chi connectivity index (χ4n) is 8.19. The van der Waals surface area contributed by atoms with E-state index in [1.54, 1.807) is 0 Å². The second-order valence-electron chi connectivity index (χ2n) is 21.7. The lowest BCUT2D eigenvalue weighted by atomic mass is 9.89. The zero-order chi connectivity index (χ0) is 55.5. The molecule has 17 nitrogen and oxygen atoms in total. The molecule has 0 saturated carbocycles. The summed E-state index contributed by atoms with van der Waals surface area (Å²) in [6, 6.07) is 0. The van der Waals surface area contributed by atoms with E-state index in [4.69, 9.17) is 14.2 Å². The number of unbranched alkanes of at least 4 members (excludes halogenated alkanes) is 16. The number of rotatable bonds is 53. The van der Waals surface area contributed by atoms with Gasteiger partial charge in [-0.05, 0) is 56.8 Å². The molecule has 0 aliphatic rings. The van der Waals surface area contributed by atoms with Crippen LogP contribution < -0.4 is 37.2 Å². The second kappa shape index (κ2) is 49.7. The number of carbonyl (C=O) groups is 7. The molecule has 0 heterocycles. The van der Waals surface area contributed by atoms with E-state index < -0.39 is 5.54 Å². The average Bonchev–Trinajstić information content (AvgIpc) is 3.37. The highest BCUT2D eigenvalue weighted by Gasteiger charge is 2.34. The third-order valence-electron chi connectivity index (χ3n) is 12.8. The maximum Gasteiger partial charge on any atom is 0.222 e. The van der Waals surface area contributed by atoms with Crippen molar-refractivity contribution in [2.45, 2.75) is 246 Å². The van der Waals surface area contributed by atoms with Crippen LogP contribution in [0.25, 0.3) is 0 Å². The number of hydrogen-bond donors (Lipinski definition) is 7. The van der Waals surface area contributed by atoms with Crippen molar-refractivity contribution in [3.05, 3.63) is 0 Å². The Morgan fingerprint density at radius 3 is 0.867 bits per heavy atom. The number of hydrogen-bond acceptors (Lipinski definition) is 10. The van der Waals surface area contributed by atoms with Crippen LogP contribution in [-0.2, 0) is 47.8 Å². The third kappa shape index (κ3) is 49.5. The lowest BCUT2D eigenvalue weighted by Crippen LogP contribution is -2.58. The van der Waals surface area contributed by atoms with Gasteiger partial charge in [0.25, 0.3) is 0 Å². The summed E-state index contributed by atoms with van der Waals surface area (Å²) in [5, 5.41) is 20.5. The van der Waals surface area contributed by atoms with E-state index in [-0.39, 0.29) is 106 Å². The monoisotopic (exact) mass is 1070 g/mol. The summed E-state index contributed by atoms with van der Waals surface area (Å²) < 4.78 is 18.3. The third-order valence-corrected chi connectivity index (χ3v) is 12.8. The molecule has 0 aromatic heterocycles. The predicted octanol–water partition coefficient (Wildman–Crippen LogP) is 8.79. The van der Waals surface area contributed by atoms with E-state index in [0.29, 0.717) is 90.6 Å². The van der Waals surface area contributed by atoms with Crippen molar-refractivity contribution in [3.63, 3.8) is 0 Å². The first-order valence-corrected chi connectivity index (χ1v) is 29.8. The number of amides is 7. The van der Waals surface area contributed by atoms with E-state index in [9.17, 15) is 33.6 Å². The Balaban J connectivity index is 5.52. The molecule has 75 heavy (non-hydrogen) atoms. The van der Waals surface area contributed by atoms with E-state index in [2.05, 4.69) is 78.8 Å². The van der Waals surface area contributed by atoms with Gasteiger partial charge in [0.15, 0.2) is 0 Å². The van der Waals surface area contributed by atoms with Gasteiger partial charge < -0.3 is 51.4 Å². The highest BCUT2D eigenvalue weighted by molar-refractivity contribution is 5.78. The molecule has 0 bridgehead atoms. The van der Waals surface area contributed by atoms with Gasteiger partial charge in [0.1, 0.15) is 5.54 Å². The van der Waals surface area contributed by atoms with E-state index in [1.165, 1.54) is 38.5 Å². The Morgan fingerprint density at radius 1 is 0.307 bits per heavy atom. The molecule has 0 atom stereocenters. The van der Waals surface area contributed by atoms with Crippen LogP contribution in [0.2, 0.25) is 0 Å².